The number of carbonyl (C=O) groups excluding carboxylic acids is 2. The number of aryl methyl sites for hydroxylation is 1. The largest absolute Gasteiger partial charge is 0.507 e. The van der Waals surface area contributed by atoms with Gasteiger partial charge in [-0.05, 0) is 108 Å². The molecule has 71 heavy (non-hydrogen) atoms. The first-order chi connectivity index (χ1) is 34.3. The van der Waals surface area contributed by atoms with E-state index in [9.17, 15) is 14.7 Å². The number of hydrogen-bond donors (Lipinski definition) is 3. The number of piperazine rings is 1. The minimum atomic E-state index is -0.651. The lowest BCUT2D eigenvalue weighted by molar-refractivity contribution is -0.133. The number of anilines is 3. The number of phenols is 1. The summed E-state index contributed by atoms with van der Waals surface area (Å²) in [5, 5.41) is 22.0. The normalized spacial score (nSPS) is 22.5. The van der Waals surface area contributed by atoms with Gasteiger partial charge in [0.05, 0.1) is 52.1 Å². The second kappa shape index (κ2) is 21.0. The number of para-hydroxylation sites is 1. The van der Waals surface area contributed by atoms with Gasteiger partial charge in [-0.15, -0.1) is 21.5 Å². The topological polar surface area (TPSA) is 185 Å². The molecule has 2 amide bonds. The summed E-state index contributed by atoms with van der Waals surface area (Å²) in [5.74, 6) is 1.81. The molecule has 4 saturated heterocycles. The second-order valence-electron chi connectivity index (χ2n) is 21.2. The van der Waals surface area contributed by atoms with Crippen molar-refractivity contribution in [2.75, 3.05) is 61.3 Å². The van der Waals surface area contributed by atoms with Gasteiger partial charge >= 0.3 is 6.09 Å². The molecule has 3 atom stereocenters. The molecule has 7 heterocycles. The number of hydrogen-bond acceptors (Lipinski definition) is 15. The number of likely N-dealkylation sites (tertiary alicyclic amines) is 2. The summed E-state index contributed by atoms with van der Waals surface area (Å²) < 4.78 is 18.6. The number of amides is 2. The van der Waals surface area contributed by atoms with Crippen LogP contribution in [0.25, 0.3) is 21.7 Å². The molecule has 10 rings (SSSR count). The molecule has 1 aliphatic carbocycles. The number of benzene rings is 2. The number of ether oxygens (including phenoxy) is 3. The number of nitrogens with zero attached hydrogens (tertiary/aromatic N) is 8. The summed E-state index contributed by atoms with van der Waals surface area (Å²) in [4.78, 5) is 46.2. The van der Waals surface area contributed by atoms with E-state index in [1.807, 2.05) is 86.8 Å². The van der Waals surface area contributed by atoms with E-state index in [1.165, 1.54) is 0 Å². The highest BCUT2D eigenvalue weighted by Gasteiger charge is 2.42. The summed E-state index contributed by atoms with van der Waals surface area (Å²) in [7, 11) is 0. The molecule has 2 aromatic carbocycles. The van der Waals surface area contributed by atoms with Crippen LogP contribution in [0, 0.1) is 12.8 Å². The molecule has 2 bridgehead atoms. The zero-order valence-electron chi connectivity index (χ0n) is 41.4. The van der Waals surface area contributed by atoms with Gasteiger partial charge in [-0.2, -0.15) is 0 Å². The number of nitrogen functional groups attached to an aromatic ring is 1. The predicted octanol–water partition coefficient (Wildman–Crippen LogP) is 8.40. The minimum Gasteiger partial charge on any atom is -0.507 e. The average Bonchev–Trinajstić information content (AvgIpc) is 3.89. The molecule has 1 saturated carbocycles. The maximum Gasteiger partial charge on any atom is 0.408 e. The van der Waals surface area contributed by atoms with Gasteiger partial charge in [0.2, 0.25) is 11.8 Å². The predicted molar refractivity (Wildman–Crippen MR) is 276 cm³/mol. The Morgan fingerprint density at radius 3 is 2.30 bits per heavy atom. The summed E-state index contributed by atoms with van der Waals surface area (Å²) >= 11 is 1.60. The van der Waals surface area contributed by atoms with Crippen molar-refractivity contribution in [2.45, 2.75) is 128 Å². The number of alkyl carbamates (subject to hydrolysis) is 1. The molecule has 0 radical (unpaired) electrons. The lowest BCUT2D eigenvalue weighted by Gasteiger charge is -2.43. The molecule has 5 aromatic rings. The summed E-state index contributed by atoms with van der Waals surface area (Å²) in [6, 6.07) is 21.4. The van der Waals surface area contributed by atoms with Crippen LogP contribution in [-0.2, 0) is 14.3 Å². The molecule has 3 aromatic heterocycles. The maximum atomic E-state index is 13.8. The zero-order valence-corrected chi connectivity index (χ0v) is 42.2. The second-order valence-corrected chi connectivity index (χ2v) is 22.0. The average molecular weight is 985 g/mol. The van der Waals surface area contributed by atoms with E-state index in [-0.39, 0.29) is 36.4 Å². The van der Waals surface area contributed by atoms with Crippen molar-refractivity contribution in [3.8, 4) is 33.3 Å². The van der Waals surface area contributed by atoms with Crippen molar-refractivity contribution in [1.29, 1.82) is 0 Å². The Kier molecular flexibility index (Phi) is 14.3. The van der Waals surface area contributed by atoms with Crippen LogP contribution in [0.2, 0.25) is 0 Å². The van der Waals surface area contributed by atoms with Gasteiger partial charge in [-0.3, -0.25) is 4.79 Å². The zero-order chi connectivity index (χ0) is 49.2. The molecular weight excluding hydrogens is 917 g/mol. The summed E-state index contributed by atoms with van der Waals surface area (Å²) in [5.41, 5.74) is 13.7. The first-order valence-corrected chi connectivity index (χ1v) is 26.4. The molecule has 376 valence electrons. The van der Waals surface area contributed by atoms with Gasteiger partial charge in [0, 0.05) is 94.3 Å². The van der Waals surface area contributed by atoms with Crippen LogP contribution in [0.1, 0.15) is 95.9 Å². The number of rotatable bonds is 14. The van der Waals surface area contributed by atoms with E-state index >= 15 is 0 Å². The highest BCUT2D eigenvalue weighted by atomic mass is 32.1. The van der Waals surface area contributed by atoms with E-state index in [0.29, 0.717) is 41.0 Å². The van der Waals surface area contributed by atoms with Crippen molar-refractivity contribution in [3.05, 3.63) is 89.7 Å². The van der Waals surface area contributed by atoms with Crippen molar-refractivity contribution >= 4 is 40.5 Å². The molecule has 4 aliphatic heterocycles. The minimum absolute atomic E-state index is 0.0458. The van der Waals surface area contributed by atoms with Gasteiger partial charge in [0.15, 0.2) is 5.82 Å². The SMILES string of the molecule is Cc1ncsc1-c1ccc([C@H](CC(=O)N2CCC(CN3CCC(OC4CC(Oc5cc(N6C7CCC6CN(c6cc(-c8ccccc8O)nnc6N)C7)ccn5)C4)CC3)CC2)NC(=O)OC(C)(C)C)cc1. The number of thiazole rings is 1. The Morgan fingerprint density at radius 2 is 1.61 bits per heavy atom. The highest BCUT2D eigenvalue weighted by Crippen LogP contribution is 2.40. The Bertz CT molecular complexity index is 2630. The molecule has 5 aliphatic rings. The number of nitrogens with two attached hydrogens (primary N) is 1. The van der Waals surface area contributed by atoms with Gasteiger partial charge < -0.3 is 50.0 Å². The number of aromatic nitrogens is 4. The highest BCUT2D eigenvalue weighted by molar-refractivity contribution is 7.13. The van der Waals surface area contributed by atoms with Crippen LogP contribution >= 0.6 is 11.3 Å². The smallest absolute Gasteiger partial charge is 0.408 e. The third kappa shape index (κ3) is 11.5. The van der Waals surface area contributed by atoms with Gasteiger partial charge in [0.25, 0.3) is 0 Å². The number of carbonyl (C=O) groups is 2. The number of aromatic hydroxyl groups is 1. The van der Waals surface area contributed by atoms with Crippen LogP contribution in [0.3, 0.4) is 0 Å². The fourth-order valence-electron chi connectivity index (χ4n) is 11.2. The summed E-state index contributed by atoms with van der Waals surface area (Å²) in [6.07, 6.45) is 9.95. The van der Waals surface area contributed by atoms with Gasteiger partial charge in [0.1, 0.15) is 17.5 Å². The molecule has 16 nitrogen and oxygen atoms in total. The quantitative estimate of drug-likeness (QED) is 0.0964. The van der Waals surface area contributed by atoms with Gasteiger partial charge in [-0.25, -0.2) is 14.8 Å². The van der Waals surface area contributed by atoms with Crippen LogP contribution < -0.4 is 25.6 Å². The third-order valence-corrected chi connectivity index (χ3v) is 15.9. The Labute approximate surface area is 420 Å². The Balaban J connectivity index is 0.643. The first kappa shape index (κ1) is 48.6. The number of piperidine rings is 2. The van der Waals surface area contributed by atoms with Crippen molar-refractivity contribution in [2.24, 2.45) is 5.92 Å². The number of nitrogens with one attached hydrogen (secondary N) is 1. The van der Waals surface area contributed by atoms with Crippen LogP contribution in [0.5, 0.6) is 11.6 Å². The molecule has 4 N–H and O–H groups in total. The van der Waals surface area contributed by atoms with E-state index in [1.54, 1.807) is 23.5 Å². The van der Waals surface area contributed by atoms with E-state index in [4.69, 9.17) is 19.9 Å². The third-order valence-electron chi connectivity index (χ3n) is 15.0. The van der Waals surface area contributed by atoms with E-state index in [2.05, 4.69) is 52.3 Å². The number of phenolic OH excluding ortho intramolecular Hbond substituents is 1. The van der Waals surface area contributed by atoms with Crippen molar-refractivity contribution < 1.29 is 28.9 Å². The Hall–Kier alpha value is -6.04. The first-order valence-electron chi connectivity index (χ1n) is 25.5. The molecule has 2 unspecified atom stereocenters. The van der Waals surface area contributed by atoms with Crippen LogP contribution in [0.4, 0.5) is 22.0 Å². The fraction of sp³-hybridized carbons (Fsp3) is 0.519. The van der Waals surface area contributed by atoms with Crippen molar-refractivity contribution in [1.82, 2.24) is 35.3 Å². The molecule has 5 fully saturated rings. The van der Waals surface area contributed by atoms with E-state index < -0.39 is 17.7 Å². The molecule has 17 heteroatoms. The van der Waals surface area contributed by atoms with Crippen molar-refractivity contribution in [3.63, 3.8) is 0 Å². The lowest BCUT2D eigenvalue weighted by Crippen LogP contribution is -2.54. The molecule has 0 spiro atoms. The van der Waals surface area contributed by atoms with E-state index in [0.717, 1.165) is 130 Å². The van der Waals surface area contributed by atoms with Crippen LogP contribution in [0.15, 0.2) is 78.4 Å². The fourth-order valence-corrected chi connectivity index (χ4v) is 12.0. The maximum absolute atomic E-state index is 13.8. The number of fused-ring (bicyclic) bond motifs is 2. The summed E-state index contributed by atoms with van der Waals surface area (Å²) in [6.45, 7) is 13.7. The monoisotopic (exact) mass is 985 g/mol. The van der Waals surface area contributed by atoms with Gasteiger partial charge in [-0.1, -0.05) is 36.4 Å². The lowest BCUT2D eigenvalue weighted by atomic mass is 9.91. The Morgan fingerprint density at radius 1 is 0.873 bits per heavy atom. The molecular formula is C54H68N10O6S. The van der Waals surface area contributed by atoms with Crippen LogP contribution in [-0.4, -0.2) is 129 Å². The number of pyridine rings is 1. The standard InChI is InChI=1S/C54H68N10O6S/c1-34-51(71-33-57-34)37-11-9-36(10-12-37)45(58-53(67)70-54(2,3)4)29-50(66)62-23-16-35(17-24-62)30-61-21-18-41(19-22-61)68-42-26-43(27-42)69-49-25-38(15-20-56-49)64-39-13-14-40(64)32-63(31-39)47-28-46(59-60-52(47)55)44-7-5-6-8-48(44)65/h5-12,15,20,25,28,33,35,39-43,45,65H,13-14,16-19,21-24,26-27,29-32H2,1-4H3,(H2,55,60)(H,58,67)/t39?,40?,42?,43?,45-/m0/s1.